The summed E-state index contributed by atoms with van der Waals surface area (Å²) in [4.78, 5) is 4.75. The van der Waals surface area contributed by atoms with E-state index in [-0.39, 0.29) is 0 Å². The lowest BCUT2D eigenvalue weighted by Crippen LogP contribution is -2.14. The van der Waals surface area contributed by atoms with Crippen LogP contribution in [0.5, 0.6) is 0 Å². The number of halogens is 1. The number of nitrogens with one attached hydrogen (secondary N) is 1. The Hall–Kier alpha value is -0.490. The summed E-state index contributed by atoms with van der Waals surface area (Å²) in [6.45, 7) is 0.849. The Morgan fingerprint density at radius 2 is 2.56 bits per heavy atom. The van der Waals surface area contributed by atoms with Crippen molar-refractivity contribution in [2.24, 2.45) is 0 Å². The molecular formula is C6H8ClNO. The molecule has 50 valence electrons. The summed E-state index contributed by atoms with van der Waals surface area (Å²) in [7, 11) is 0. The van der Waals surface area contributed by atoms with Gasteiger partial charge in [0.25, 0.3) is 0 Å². The fourth-order valence-electron chi connectivity index (χ4n) is 0.236. The van der Waals surface area contributed by atoms with Crippen LogP contribution in [-0.2, 0) is 4.84 Å². The molecule has 0 amide bonds. The molecule has 0 aliphatic carbocycles. The van der Waals surface area contributed by atoms with Gasteiger partial charge in [0.05, 0.1) is 13.2 Å². The lowest BCUT2D eigenvalue weighted by atomic mass is 10.7. The first-order valence-electron chi connectivity index (χ1n) is 2.45. The van der Waals surface area contributed by atoms with E-state index in [9.17, 15) is 0 Å². The van der Waals surface area contributed by atoms with Gasteiger partial charge in [0.1, 0.15) is 0 Å². The molecule has 0 aromatic heterocycles. The maximum Gasteiger partial charge on any atom is 0.0875 e. The highest BCUT2D eigenvalue weighted by Crippen LogP contribution is 1.76. The summed E-state index contributed by atoms with van der Waals surface area (Å²) in [5, 5.41) is 0. The zero-order chi connectivity index (χ0) is 6.95. The van der Waals surface area contributed by atoms with E-state index in [0.29, 0.717) is 13.2 Å². The molecule has 2 nitrogen and oxygen atoms in total. The molecule has 0 aliphatic heterocycles. The Balaban J connectivity index is 2.85. The number of hydrogen-bond acceptors (Lipinski definition) is 2. The van der Waals surface area contributed by atoms with E-state index in [1.54, 1.807) is 6.08 Å². The van der Waals surface area contributed by atoms with E-state index in [2.05, 4.69) is 11.4 Å². The van der Waals surface area contributed by atoms with Crippen LogP contribution < -0.4 is 5.48 Å². The first-order valence-corrected chi connectivity index (χ1v) is 2.88. The van der Waals surface area contributed by atoms with Crippen molar-refractivity contribution in [1.82, 2.24) is 5.48 Å². The van der Waals surface area contributed by atoms with Crippen molar-refractivity contribution in [3.8, 4) is 12.3 Å². The number of terminal acetylenes is 1. The van der Waals surface area contributed by atoms with Crippen molar-refractivity contribution in [1.29, 1.82) is 0 Å². The second kappa shape index (κ2) is 7.51. The third-order valence-corrected chi connectivity index (χ3v) is 0.723. The van der Waals surface area contributed by atoms with Gasteiger partial charge in [0, 0.05) is 5.54 Å². The molecule has 0 rings (SSSR count). The number of hydroxylamine groups is 1. The average Bonchev–Trinajstić information content (AvgIpc) is 1.89. The molecular weight excluding hydrogens is 138 g/mol. The highest BCUT2D eigenvalue weighted by atomic mass is 35.5. The van der Waals surface area contributed by atoms with E-state index >= 15 is 0 Å². The Kier molecular flexibility index (Phi) is 7.10. The smallest absolute Gasteiger partial charge is 0.0875 e. The molecule has 0 aliphatic rings. The summed E-state index contributed by atoms with van der Waals surface area (Å²) in [5.41, 5.74) is 3.91. The fraction of sp³-hybridized carbons (Fsp3) is 0.333. The Morgan fingerprint density at radius 3 is 3.11 bits per heavy atom. The number of hydrogen-bond donors (Lipinski definition) is 1. The van der Waals surface area contributed by atoms with E-state index in [4.69, 9.17) is 22.9 Å². The molecule has 0 atom stereocenters. The van der Waals surface area contributed by atoms with Crippen LogP contribution in [-0.4, -0.2) is 13.2 Å². The van der Waals surface area contributed by atoms with Crippen LogP contribution in [0, 0.1) is 12.3 Å². The van der Waals surface area contributed by atoms with Crippen molar-refractivity contribution in [3.05, 3.63) is 11.6 Å². The molecule has 0 saturated heterocycles. The summed E-state index contributed by atoms with van der Waals surface area (Å²) in [6.07, 6.45) is 6.56. The summed E-state index contributed by atoms with van der Waals surface area (Å²) in [6, 6.07) is 0. The predicted molar refractivity (Wildman–Crippen MR) is 37.8 cm³/mol. The summed E-state index contributed by atoms with van der Waals surface area (Å²) < 4.78 is 0. The molecule has 0 aromatic carbocycles. The van der Waals surface area contributed by atoms with Gasteiger partial charge in [-0.05, 0) is 6.08 Å². The molecule has 0 heterocycles. The topological polar surface area (TPSA) is 21.3 Å². The summed E-state index contributed by atoms with van der Waals surface area (Å²) in [5.74, 6) is 2.35. The molecule has 0 unspecified atom stereocenters. The second-order valence-corrected chi connectivity index (χ2v) is 1.45. The molecule has 9 heavy (non-hydrogen) atoms. The fourth-order valence-corrected chi connectivity index (χ4v) is 0.309. The van der Waals surface area contributed by atoms with Crippen LogP contribution in [0.25, 0.3) is 0 Å². The molecule has 0 bridgehead atoms. The number of rotatable bonds is 4. The highest BCUT2D eigenvalue weighted by molar-refractivity contribution is 6.25. The van der Waals surface area contributed by atoms with Crippen molar-refractivity contribution >= 4 is 11.6 Å². The predicted octanol–water partition coefficient (Wildman–Crippen LogP) is 0.893. The van der Waals surface area contributed by atoms with Crippen molar-refractivity contribution in [2.75, 3.05) is 13.2 Å². The minimum Gasteiger partial charge on any atom is -0.297 e. The first kappa shape index (κ1) is 8.51. The average molecular weight is 146 g/mol. The van der Waals surface area contributed by atoms with Crippen molar-refractivity contribution in [3.63, 3.8) is 0 Å². The van der Waals surface area contributed by atoms with Gasteiger partial charge < -0.3 is 0 Å². The minimum atomic E-state index is 0.413. The van der Waals surface area contributed by atoms with Gasteiger partial charge in [0.2, 0.25) is 0 Å². The van der Waals surface area contributed by atoms with Crippen molar-refractivity contribution < 1.29 is 4.84 Å². The van der Waals surface area contributed by atoms with E-state index in [1.807, 2.05) is 0 Å². The lowest BCUT2D eigenvalue weighted by molar-refractivity contribution is 0.0722. The van der Waals surface area contributed by atoms with Gasteiger partial charge >= 0.3 is 0 Å². The zero-order valence-corrected chi connectivity index (χ0v) is 5.69. The van der Waals surface area contributed by atoms with Gasteiger partial charge in [-0.15, -0.1) is 6.42 Å². The standard InChI is InChI=1S/C6H8ClNO/c1-2-5-8-9-6-3-4-7/h1,3-4,8H,5-6H2. The molecule has 1 N–H and O–H groups in total. The van der Waals surface area contributed by atoms with Gasteiger partial charge in [-0.1, -0.05) is 17.5 Å². The molecule has 0 saturated carbocycles. The first-order chi connectivity index (χ1) is 4.41. The van der Waals surface area contributed by atoms with Gasteiger partial charge in [0.15, 0.2) is 0 Å². The van der Waals surface area contributed by atoms with Gasteiger partial charge in [-0.25, -0.2) is 0 Å². The van der Waals surface area contributed by atoms with Crippen LogP contribution in [0.15, 0.2) is 11.6 Å². The Morgan fingerprint density at radius 1 is 1.78 bits per heavy atom. The quantitative estimate of drug-likeness (QED) is 0.361. The van der Waals surface area contributed by atoms with Crippen LogP contribution in [0.2, 0.25) is 0 Å². The van der Waals surface area contributed by atoms with Crippen LogP contribution in [0.1, 0.15) is 0 Å². The minimum absolute atomic E-state index is 0.413. The Bertz CT molecular complexity index is 117. The summed E-state index contributed by atoms with van der Waals surface area (Å²) >= 11 is 5.19. The van der Waals surface area contributed by atoms with Crippen molar-refractivity contribution in [2.45, 2.75) is 0 Å². The van der Waals surface area contributed by atoms with E-state index in [0.717, 1.165) is 0 Å². The molecule has 0 fully saturated rings. The SMILES string of the molecule is C#CCNOCC=CCl. The van der Waals surface area contributed by atoms with Crippen LogP contribution in [0.4, 0.5) is 0 Å². The van der Waals surface area contributed by atoms with Gasteiger partial charge in [-0.3, -0.25) is 4.84 Å². The van der Waals surface area contributed by atoms with E-state index in [1.165, 1.54) is 5.54 Å². The maximum atomic E-state index is 5.19. The van der Waals surface area contributed by atoms with Gasteiger partial charge in [-0.2, -0.15) is 5.48 Å². The molecule has 0 spiro atoms. The zero-order valence-electron chi connectivity index (χ0n) is 4.93. The third-order valence-electron chi connectivity index (χ3n) is 0.545. The van der Waals surface area contributed by atoms with E-state index < -0.39 is 0 Å². The highest BCUT2D eigenvalue weighted by Gasteiger charge is 1.76. The second-order valence-electron chi connectivity index (χ2n) is 1.20. The monoisotopic (exact) mass is 145 g/mol. The maximum absolute atomic E-state index is 5.19. The largest absolute Gasteiger partial charge is 0.297 e. The Labute approximate surface area is 59.8 Å². The lowest BCUT2D eigenvalue weighted by Gasteiger charge is -1.95. The molecule has 0 aromatic rings. The third kappa shape index (κ3) is 7.51. The molecule has 3 heteroatoms. The van der Waals surface area contributed by atoms with Crippen LogP contribution >= 0.6 is 11.6 Å². The normalized spacial score (nSPS) is 9.78. The molecule has 0 radical (unpaired) electrons. The van der Waals surface area contributed by atoms with Crippen LogP contribution in [0.3, 0.4) is 0 Å².